The van der Waals surface area contributed by atoms with Crippen molar-refractivity contribution in [2.75, 3.05) is 19.8 Å². The van der Waals surface area contributed by atoms with Crippen molar-refractivity contribution in [3.63, 3.8) is 0 Å². The Morgan fingerprint density at radius 2 is 2.35 bits per heavy atom. The number of nitrogens with one attached hydrogen (secondary N) is 1. The molecule has 2 aromatic heterocycles. The van der Waals surface area contributed by atoms with E-state index in [1.807, 2.05) is 6.92 Å². The second-order valence-corrected chi connectivity index (χ2v) is 4.18. The first-order chi connectivity index (χ1) is 9.81. The maximum Gasteiger partial charge on any atom is 0.252 e. The Hall–Kier alpha value is -2.21. The first-order valence-corrected chi connectivity index (χ1v) is 6.61. The predicted octanol–water partition coefficient (Wildman–Crippen LogP) is 1.42. The van der Waals surface area contributed by atoms with E-state index in [2.05, 4.69) is 15.3 Å². The summed E-state index contributed by atoms with van der Waals surface area (Å²) in [4.78, 5) is 20.1. The molecule has 0 atom stereocenters. The Morgan fingerprint density at radius 3 is 3.00 bits per heavy atom. The van der Waals surface area contributed by atoms with E-state index in [9.17, 15) is 4.79 Å². The molecule has 0 unspecified atom stereocenters. The molecule has 0 aliphatic heterocycles. The minimum absolute atomic E-state index is 0.119. The third-order valence-corrected chi connectivity index (χ3v) is 2.73. The summed E-state index contributed by atoms with van der Waals surface area (Å²) in [5, 5.41) is 2.83. The van der Waals surface area contributed by atoms with Crippen molar-refractivity contribution in [3.8, 4) is 5.82 Å². The van der Waals surface area contributed by atoms with E-state index in [-0.39, 0.29) is 5.91 Å². The van der Waals surface area contributed by atoms with Crippen LogP contribution in [0.2, 0.25) is 0 Å². The molecule has 1 N–H and O–H groups in total. The average molecular weight is 274 g/mol. The van der Waals surface area contributed by atoms with Gasteiger partial charge in [-0.1, -0.05) is 0 Å². The quantitative estimate of drug-likeness (QED) is 0.775. The minimum Gasteiger partial charge on any atom is -0.382 e. The van der Waals surface area contributed by atoms with Crippen LogP contribution in [0.1, 0.15) is 23.7 Å². The van der Waals surface area contributed by atoms with Crippen LogP contribution in [0.3, 0.4) is 0 Å². The molecule has 1 amide bonds. The Bertz CT molecular complexity index is 523. The summed E-state index contributed by atoms with van der Waals surface area (Å²) >= 11 is 0. The van der Waals surface area contributed by atoms with Crippen LogP contribution in [-0.2, 0) is 4.74 Å². The summed E-state index contributed by atoms with van der Waals surface area (Å²) in [6, 6.07) is 3.54. The molecule has 0 radical (unpaired) electrons. The van der Waals surface area contributed by atoms with Crippen LogP contribution in [0.4, 0.5) is 0 Å². The first kappa shape index (κ1) is 14.2. The summed E-state index contributed by atoms with van der Waals surface area (Å²) < 4.78 is 6.99. The zero-order valence-electron chi connectivity index (χ0n) is 11.5. The minimum atomic E-state index is -0.119. The number of carbonyl (C=O) groups is 1. The Morgan fingerprint density at radius 1 is 1.45 bits per heavy atom. The lowest BCUT2D eigenvalue weighted by molar-refractivity contribution is 0.0944. The van der Waals surface area contributed by atoms with Crippen LogP contribution in [0.5, 0.6) is 0 Å². The van der Waals surface area contributed by atoms with Crippen molar-refractivity contribution < 1.29 is 9.53 Å². The van der Waals surface area contributed by atoms with Gasteiger partial charge in [-0.15, -0.1) is 0 Å². The number of imidazole rings is 1. The van der Waals surface area contributed by atoms with Gasteiger partial charge in [-0.05, 0) is 25.5 Å². The number of aromatic nitrogens is 3. The molecule has 0 saturated heterocycles. The van der Waals surface area contributed by atoms with E-state index in [1.165, 1.54) is 0 Å². The van der Waals surface area contributed by atoms with Crippen molar-refractivity contribution in [1.82, 2.24) is 19.9 Å². The van der Waals surface area contributed by atoms with Crippen LogP contribution < -0.4 is 5.32 Å². The SMILES string of the molecule is CCOCCCNC(=O)c1ccc(-n2ccnc2)nc1. The van der Waals surface area contributed by atoms with Gasteiger partial charge in [-0.2, -0.15) is 0 Å². The van der Waals surface area contributed by atoms with E-state index >= 15 is 0 Å². The zero-order valence-corrected chi connectivity index (χ0v) is 11.5. The molecule has 0 saturated carbocycles. The monoisotopic (exact) mass is 274 g/mol. The van der Waals surface area contributed by atoms with Crippen molar-refractivity contribution in [2.24, 2.45) is 0 Å². The highest BCUT2D eigenvalue weighted by Crippen LogP contribution is 2.05. The van der Waals surface area contributed by atoms with E-state index < -0.39 is 0 Å². The third kappa shape index (κ3) is 3.89. The lowest BCUT2D eigenvalue weighted by Crippen LogP contribution is -2.25. The smallest absolute Gasteiger partial charge is 0.252 e. The topological polar surface area (TPSA) is 69.0 Å². The summed E-state index contributed by atoms with van der Waals surface area (Å²) in [6.45, 7) is 3.91. The van der Waals surface area contributed by atoms with E-state index in [0.29, 0.717) is 25.3 Å². The molecular formula is C14H18N4O2. The molecule has 0 aliphatic rings. The van der Waals surface area contributed by atoms with Gasteiger partial charge in [-0.25, -0.2) is 9.97 Å². The molecule has 20 heavy (non-hydrogen) atoms. The fourth-order valence-electron chi connectivity index (χ4n) is 1.69. The number of hydrogen-bond donors (Lipinski definition) is 1. The van der Waals surface area contributed by atoms with E-state index in [1.54, 1.807) is 41.6 Å². The van der Waals surface area contributed by atoms with Crippen LogP contribution in [-0.4, -0.2) is 40.2 Å². The van der Waals surface area contributed by atoms with Gasteiger partial charge in [0.1, 0.15) is 12.1 Å². The molecule has 0 fully saturated rings. The summed E-state index contributed by atoms with van der Waals surface area (Å²) in [5.74, 6) is 0.613. The number of nitrogens with zero attached hydrogens (tertiary/aromatic N) is 3. The second kappa shape index (κ2) is 7.40. The molecule has 0 aliphatic carbocycles. The highest BCUT2D eigenvalue weighted by Gasteiger charge is 2.05. The van der Waals surface area contributed by atoms with Gasteiger partial charge in [0.05, 0.1) is 5.56 Å². The molecule has 0 aromatic carbocycles. The van der Waals surface area contributed by atoms with Crippen molar-refractivity contribution in [3.05, 3.63) is 42.6 Å². The van der Waals surface area contributed by atoms with Crippen LogP contribution in [0, 0.1) is 0 Å². The van der Waals surface area contributed by atoms with E-state index in [0.717, 1.165) is 12.2 Å². The molecule has 6 nitrogen and oxygen atoms in total. The Kier molecular flexibility index (Phi) is 5.25. The molecule has 106 valence electrons. The van der Waals surface area contributed by atoms with Crippen LogP contribution in [0.25, 0.3) is 5.82 Å². The highest BCUT2D eigenvalue weighted by atomic mass is 16.5. The summed E-state index contributed by atoms with van der Waals surface area (Å²) in [6.07, 6.45) is 7.51. The van der Waals surface area contributed by atoms with Crippen molar-refractivity contribution in [2.45, 2.75) is 13.3 Å². The number of pyridine rings is 1. The fourth-order valence-corrected chi connectivity index (χ4v) is 1.69. The first-order valence-electron chi connectivity index (χ1n) is 6.61. The van der Waals surface area contributed by atoms with E-state index in [4.69, 9.17) is 4.74 Å². The molecule has 2 heterocycles. The van der Waals surface area contributed by atoms with Crippen LogP contribution in [0.15, 0.2) is 37.1 Å². The summed E-state index contributed by atoms with van der Waals surface area (Å²) in [7, 11) is 0. The number of carbonyl (C=O) groups excluding carboxylic acids is 1. The third-order valence-electron chi connectivity index (χ3n) is 2.73. The largest absolute Gasteiger partial charge is 0.382 e. The average Bonchev–Trinajstić information content (AvgIpc) is 3.01. The number of rotatable bonds is 7. The van der Waals surface area contributed by atoms with Gasteiger partial charge >= 0.3 is 0 Å². The number of hydrogen-bond acceptors (Lipinski definition) is 4. The maximum atomic E-state index is 11.9. The number of ether oxygens (including phenoxy) is 1. The zero-order chi connectivity index (χ0) is 14.2. The Balaban J connectivity index is 1.85. The Labute approximate surface area is 117 Å². The number of amides is 1. The molecule has 2 rings (SSSR count). The standard InChI is InChI=1S/C14H18N4O2/c1-2-20-9-3-6-16-14(19)12-4-5-13(17-10-12)18-8-7-15-11-18/h4-5,7-8,10-11H,2-3,6,9H2,1H3,(H,16,19). The van der Waals surface area contributed by atoms with Gasteiger partial charge < -0.3 is 10.1 Å². The van der Waals surface area contributed by atoms with Gasteiger partial charge in [-0.3, -0.25) is 9.36 Å². The van der Waals surface area contributed by atoms with Gasteiger partial charge in [0, 0.05) is 38.3 Å². The molecule has 0 bridgehead atoms. The predicted molar refractivity (Wildman–Crippen MR) is 74.8 cm³/mol. The summed E-state index contributed by atoms with van der Waals surface area (Å²) in [5.41, 5.74) is 0.547. The van der Waals surface area contributed by atoms with Crippen LogP contribution >= 0.6 is 0 Å². The fraction of sp³-hybridized carbons (Fsp3) is 0.357. The normalized spacial score (nSPS) is 10.4. The van der Waals surface area contributed by atoms with Crippen molar-refractivity contribution >= 4 is 5.91 Å². The van der Waals surface area contributed by atoms with Gasteiger partial charge in [0.2, 0.25) is 0 Å². The lowest BCUT2D eigenvalue weighted by atomic mass is 10.2. The molecule has 6 heteroatoms. The lowest BCUT2D eigenvalue weighted by Gasteiger charge is -2.06. The second-order valence-electron chi connectivity index (χ2n) is 4.18. The van der Waals surface area contributed by atoms with Gasteiger partial charge in [0.15, 0.2) is 0 Å². The highest BCUT2D eigenvalue weighted by molar-refractivity contribution is 5.93. The maximum absolute atomic E-state index is 11.9. The molecule has 2 aromatic rings. The van der Waals surface area contributed by atoms with Gasteiger partial charge in [0.25, 0.3) is 5.91 Å². The molecule has 0 spiro atoms. The molecular weight excluding hydrogens is 256 g/mol. The van der Waals surface area contributed by atoms with Crippen molar-refractivity contribution in [1.29, 1.82) is 0 Å².